The molecule has 0 aliphatic carbocycles. The van der Waals surface area contributed by atoms with Gasteiger partial charge < -0.3 is 5.32 Å². The molecule has 0 aliphatic rings. The van der Waals surface area contributed by atoms with Crippen LogP contribution in [0, 0.1) is 6.92 Å². The Bertz CT molecular complexity index is 269. The van der Waals surface area contributed by atoms with Crippen molar-refractivity contribution in [2.75, 3.05) is 12.3 Å². The molecule has 1 aromatic rings. The number of rotatable bonds is 7. The summed E-state index contributed by atoms with van der Waals surface area (Å²) in [6, 6.07) is 0.606. The average molecular weight is 245 g/mol. The Morgan fingerprint density at radius 2 is 2.27 bits per heavy atom. The fourth-order valence-corrected chi connectivity index (χ4v) is 3.17. The number of nitrogens with one attached hydrogen (secondary N) is 1. The number of hydrogen-bond acceptors (Lipinski definition) is 5. The van der Waals surface area contributed by atoms with Crippen molar-refractivity contribution in [3.63, 3.8) is 0 Å². The van der Waals surface area contributed by atoms with Gasteiger partial charge >= 0.3 is 0 Å². The Morgan fingerprint density at radius 1 is 1.47 bits per heavy atom. The van der Waals surface area contributed by atoms with Gasteiger partial charge in [-0.2, -0.15) is 4.37 Å². The van der Waals surface area contributed by atoms with Gasteiger partial charge in [-0.05, 0) is 31.4 Å². The second kappa shape index (κ2) is 7.19. The quantitative estimate of drug-likeness (QED) is 0.750. The second-order valence-corrected chi connectivity index (χ2v) is 5.48. The first-order valence-electron chi connectivity index (χ1n) is 5.42. The molecule has 1 aromatic heterocycles. The summed E-state index contributed by atoms with van der Waals surface area (Å²) in [6.45, 7) is 7.36. The van der Waals surface area contributed by atoms with Gasteiger partial charge in [-0.1, -0.05) is 32.0 Å². The lowest BCUT2D eigenvalue weighted by Gasteiger charge is -2.15. The lowest BCUT2D eigenvalue weighted by molar-refractivity contribution is 0.531. The molecule has 86 valence electrons. The third kappa shape index (κ3) is 4.95. The van der Waals surface area contributed by atoms with Gasteiger partial charge in [0.2, 0.25) is 0 Å². The first-order valence-corrected chi connectivity index (χ1v) is 7.18. The molecule has 0 radical (unpaired) electrons. The van der Waals surface area contributed by atoms with Crippen LogP contribution in [0.5, 0.6) is 0 Å². The van der Waals surface area contributed by atoms with Gasteiger partial charge in [-0.3, -0.25) is 0 Å². The molecule has 0 fully saturated rings. The number of hydrogen-bond donors (Lipinski definition) is 1. The van der Waals surface area contributed by atoms with E-state index in [0.717, 1.165) is 22.5 Å². The van der Waals surface area contributed by atoms with E-state index in [9.17, 15) is 0 Å². The summed E-state index contributed by atoms with van der Waals surface area (Å²) in [5, 5.41) is 3.50. The Kier molecular flexibility index (Phi) is 6.20. The molecule has 1 N–H and O–H groups in total. The molecule has 0 spiro atoms. The van der Waals surface area contributed by atoms with E-state index in [1.807, 2.05) is 18.7 Å². The molecule has 5 heteroatoms. The predicted octanol–water partition coefficient (Wildman–Crippen LogP) is 2.72. The average Bonchev–Trinajstić information content (AvgIpc) is 2.61. The molecule has 1 unspecified atom stereocenters. The van der Waals surface area contributed by atoms with Gasteiger partial charge in [0.15, 0.2) is 4.34 Å². The Hall–Kier alpha value is -0.130. The summed E-state index contributed by atoms with van der Waals surface area (Å²) in [5.41, 5.74) is 0. The van der Waals surface area contributed by atoms with Crippen molar-refractivity contribution in [2.24, 2.45) is 0 Å². The Morgan fingerprint density at radius 3 is 2.80 bits per heavy atom. The molecule has 0 aliphatic heterocycles. The molecular formula is C10H19N3S2. The van der Waals surface area contributed by atoms with Crippen molar-refractivity contribution in [1.29, 1.82) is 0 Å². The smallest absolute Gasteiger partial charge is 0.170 e. The van der Waals surface area contributed by atoms with Crippen molar-refractivity contribution >= 4 is 23.3 Å². The van der Waals surface area contributed by atoms with E-state index in [0.29, 0.717) is 6.04 Å². The van der Waals surface area contributed by atoms with Crippen LogP contribution in [0.3, 0.4) is 0 Å². The first kappa shape index (κ1) is 12.9. The van der Waals surface area contributed by atoms with E-state index in [-0.39, 0.29) is 0 Å². The molecular weight excluding hydrogens is 226 g/mol. The van der Waals surface area contributed by atoms with Crippen molar-refractivity contribution in [3.8, 4) is 0 Å². The maximum Gasteiger partial charge on any atom is 0.170 e. The van der Waals surface area contributed by atoms with Gasteiger partial charge in [0.1, 0.15) is 5.82 Å². The topological polar surface area (TPSA) is 37.8 Å². The van der Waals surface area contributed by atoms with Gasteiger partial charge in [0, 0.05) is 11.8 Å². The molecule has 0 saturated carbocycles. The summed E-state index contributed by atoms with van der Waals surface area (Å²) in [6.07, 6.45) is 2.46. The van der Waals surface area contributed by atoms with E-state index in [4.69, 9.17) is 0 Å². The zero-order valence-corrected chi connectivity index (χ0v) is 11.2. The molecule has 3 nitrogen and oxygen atoms in total. The van der Waals surface area contributed by atoms with Crippen molar-refractivity contribution in [1.82, 2.24) is 14.7 Å². The maximum absolute atomic E-state index is 4.35. The van der Waals surface area contributed by atoms with Crippen LogP contribution in [0.2, 0.25) is 0 Å². The minimum atomic E-state index is 0.606. The van der Waals surface area contributed by atoms with Crippen LogP contribution in [0.4, 0.5) is 0 Å². The molecule has 1 rings (SSSR count). The third-order valence-corrected chi connectivity index (χ3v) is 4.13. The highest BCUT2D eigenvalue weighted by atomic mass is 32.2. The monoisotopic (exact) mass is 245 g/mol. The van der Waals surface area contributed by atoms with E-state index >= 15 is 0 Å². The Labute approximate surface area is 100 Å². The normalized spacial score (nSPS) is 13.0. The number of thioether (sulfide) groups is 1. The highest BCUT2D eigenvalue weighted by molar-refractivity contribution is 8.00. The SMILES string of the molecule is CCCC(CSc1nc(C)ns1)NCC. The molecule has 15 heavy (non-hydrogen) atoms. The van der Waals surface area contributed by atoms with Gasteiger partial charge in [0.25, 0.3) is 0 Å². The fraction of sp³-hybridized carbons (Fsp3) is 0.800. The summed E-state index contributed by atoms with van der Waals surface area (Å²) >= 11 is 3.31. The number of nitrogens with zero attached hydrogens (tertiary/aromatic N) is 2. The summed E-state index contributed by atoms with van der Waals surface area (Å²) in [5.74, 6) is 1.98. The molecule has 0 aromatic carbocycles. The maximum atomic E-state index is 4.35. The van der Waals surface area contributed by atoms with Crippen LogP contribution in [-0.2, 0) is 0 Å². The third-order valence-electron chi connectivity index (χ3n) is 2.05. The van der Waals surface area contributed by atoms with Crippen LogP contribution in [0.25, 0.3) is 0 Å². The summed E-state index contributed by atoms with van der Waals surface area (Å²) in [4.78, 5) is 4.35. The minimum absolute atomic E-state index is 0.606. The molecule has 1 atom stereocenters. The van der Waals surface area contributed by atoms with E-state index < -0.39 is 0 Å². The lowest BCUT2D eigenvalue weighted by atomic mass is 10.2. The largest absolute Gasteiger partial charge is 0.313 e. The fourth-order valence-electron chi connectivity index (χ4n) is 1.39. The first-order chi connectivity index (χ1) is 7.26. The number of aromatic nitrogens is 2. The standard InChI is InChI=1S/C10H19N3S2/c1-4-6-9(11-5-2)7-14-10-12-8(3)13-15-10/h9,11H,4-7H2,1-3H3. The summed E-state index contributed by atoms with van der Waals surface area (Å²) < 4.78 is 5.27. The zero-order valence-electron chi connectivity index (χ0n) is 9.62. The molecule has 0 bridgehead atoms. The van der Waals surface area contributed by atoms with E-state index in [1.54, 1.807) is 0 Å². The van der Waals surface area contributed by atoms with Crippen molar-refractivity contribution < 1.29 is 0 Å². The van der Waals surface area contributed by atoms with Gasteiger partial charge in [-0.25, -0.2) is 4.98 Å². The Balaban J connectivity index is 2.32. The predicted molar refractivity (Wildman–Crippen MR) is 67.7 cm³/mol. The molecule has 0 saturated heterocycles. The van der Waals surface area contributed by atoms with Crippen LogP contribution in [-0.4, -0.2) is 27.7 Å². The van der Waals surface area contributed by atoms with Crippen LogP contribution < -0.4 is 5.32 Å². The van der Waals surface area contributed by atoms with Gasteiger partial charge in [-0.15, -0.1) is 0 Å². The highest BCUT2D eigenvalue weighted by Crippen LogP contribution is 2.21. The summed E-state index contributed by atoms with van der Waals surface area (Å²) in [7, 11) is 0. The van der Waals surface area contributed by atoms with Crippen LogP contribution in [0.15, 0.2) is 4.34 Å². The highest BCUT2D eigenvalue weighted by Gasteiger charge is 2.08. The van der Waals surface area contributed by atoms with E-state index in [1.165, 1.54) is 24.4 Å². The second-order valence-electron chi connectivity index (χ2n) is 3.46. The van der Waals surface area contributed by atoms with Crippen LogP contribution in [0.1, 0.15) is 32.5 Å². The minimum Gasteiger partial charge on any atom is -0.313 e. The van der Waals surface area contributed by atoms with E-state index in [2.05, 4.69) is 28.5 Å². The number of aryl methyl sites for hydroxylation is 1. The molecule has 0 amide bonds. The van der Waals surface area contributed by atoms with Crippen molar-refractivity contribution in [2.45, 2.75) is 44.0 Å². The van der Waals surface area contributed by atoms with Crippen LogP contribution >= 0.6 is 23.3 Å². The molecule has 1 heterocycles. The van der Waals surface area contributed by atoms with Crippen molar-refractivity contribution in [3.05, 3.63) is 5.82 Å². The zero-order chi connectivity index (χ0) is 11.1. The lowest BCUT2D eigenvalue weighted by Crippen LogP contribution is -2.30. The van der Waals surface area contributed by atoms with Gasteiger partial charge in [0.05, 0.1) is 0 Å².